The molecule has 0 saturated carbocycles. The maximum Gasteiger partial charge on any atom is 0.426 e. The van der Waals surface area contributed by atoms with Crippen molar-refractivity contribution >= 4 is 30.0 Å². The molecule has 0 saturated heterocycles. The van der Waals surface area contributed by atoms with Crippen molar-refractivity contribution in [1.29, 1.82) is 0 Å². The number of nitrogens with one attached hydrogen (secondary N) is 4. The van der Waals surface area contributed by atoms with Gasteiger partial charge in [0.25, 0.3) is 5.91 Å². The van der Waals surface area contributed by atoms with E-state index in [0.29, 0.717) is 5.56 Å². The molecule has 0 unspecified atom stereocenters. The first-order valence-electron chi connectivity index (χ1n) is 14.4. The first kappa shape index (κ1) is 34.9. The van der Waals surface area contributed by atoms with E-state index in [-0.39, 0.29) is 25.4 Å². The minimum Gasteiger partial charge on any atom is -0.508 e. The number of amides is 4. The number of hydrazine groups is 1. The molecular formula is C33H38N4O9. The van der Waals surface area contributed by atoms with E-state index in [1.807, 2.05) is 12.1 Å². The Labute approximate surface area is 266 Å². The van der Waals surface area contributed by atoms with Gasteiger partial charge < -0.3 is 30.0 Å². The molecule has 3 rings (SSSR count). The molecule has 46 heavy (non-hydrogen) atoms. The zero-order valence-electron chi connectivity index (χ0n) is 25.8. The fourth-order valence-corrected chi connectivity index (χ4v) is 3.93. The number of carbonyl (C=O) groups excluding carboxylic acids is 5. The monoisotopic (exact) mass is 634 g/mol. The lowest BCUT2D eigenvalue weighted by Crippen LogP contribution is -2.57. The van der Waals surface area contributed by atoms with E-state index in [0.717, 1.165) is 11.1 Å². The SMILES string of the molecule is CC(C)(C)OC(=O)N[C@@H](CC(=O)OCc1ccccc1)C(=O)N[C@@H](Cc1ccc(O)cc1)C(=O)NNC(=O)OCc1ccccc1. The zero-order chi connectivity index (χ0) is 33.5. The number of carbonyl (C=O) groups is 5. The third-order valence-corrected chi connectivity index (χ3v) is 6.13. The molecule has 0 aliphatic carbocycles. The van der Waals surface area contributed by atoms with Gasteiger partial charge in [-0.05, 0) is 49.6 Å². The molecule has 0 radical (unpaired) electrons. The molecule has 0 heterocycles. The average Bonchev–Trinajstić information content (AvgIpc) is 3.02. The summed E-state index contributed by atoms with van der Waals surface area (Å²) >= 11 is 0. The normalized spacial score (nSPS) is 12.1. The van der Waals surface area contributed by atoms with Gasteiger partial charge >= 0.3 is 18.2 Å². The van der Waals surface area contributed by atoms with Gasteiger partial charge in [0.1, 0.15) is 36.6 Å². The highest BCUT2D eigenvalue weighted by molar-refractivity contribution is 5.94. The van der Waals surface area contributed by atoms with Crippen molar-refractivity contribution in [2.45, 2.75) is 64.5 Å². The Bertz CT molecular complexity index is 1460. The first-order valence-corrected chi connectivity index (χ1v) is 14.4. The lowest BCUT2D eigenvalue weighted by Gasteiger charge is -2.25. The highest BCUT2D eigenvalue weighted by Crippen LogP contribution is 2.13. The number of rotatable bonds is 12. The van der Waals surface area contributed by atoms with Crippen LogP contribution in [0.25, 0.3) is 0 Å². The summed E-state index contributed by atoms with van der Waals surface area (Å²) in [6.45, 7) is 4.79. The molecule has 0 aliphatic heterocycles. The van der Waals surface area contributed by atoms with Crippen molar-refractivity contribution in [2.24, 2.45) is 0 Å². The molecule has 0 fully saturated rings. The third kappa shape index (κ3) is 13.0. The van der Waals surface area contributed by atoms with Crippen LogP contribution in [-0.2, 0) is 48.2 Å². The van der Waals surface area contributed by atoms with E-state index in [2.05, 4.69) is 21.5 Å². The van der Waals surface area contributed by atoms with Gasteiger partial charge in [-0.2, -0.15) is 0 Å². The van der Waals surface area contributed by atoms with Crippen LogP contribution >= 0.6 is 0 Å². The van der Waals surface area contributed by atoms with Crippen LogP contribution in [0, 0.1) is 0 Å². The van der Waals surface area contributed by atoms with Gasteiger partial charge in [-0.1, -0.05) is 72.8 Å². The summed E-state index contributed by atoms with van der Waals surface area (Å²) in [6, 6.07) is 20.9. The van der Waals surface area contributed by atoms with E-state index in [1.165, 1.54) is 12.1 Å². The van der Waals surface area contributed by atoms with Crippen LogP contribution in [0.1, 0.15) is 43.9 Å². The van der Waals surface area contributed by atoms with Gasteiger partial charge in [0.2, 0.25) is 5.91 Å². The van der Waals surface area contributed by atoms with Crippen LogP contribution in [0.4, 0.5) is 9.59 Å². The van der Waals surface area contributed by atoms with E-state index >= 15 is 0 Å². The van der Waals surface area contributed by atoms with Gasteiger partial charge in [0.15, 0.2) is 0 Å². The maximum atomic E-state index is 13.5. The molecule has 0 spiro atoms. The number of esters is 1. The molecule has 0 aromatic heterocycles. The smallest absolute Gasteiger partial charge is 0.426 e. The number of benzene rings is 3. The minimum absolute atomic E-state index is 0.00717. The number of hydrogen-bond acceptors (Lipinski definition) is 9. The van der Waals surface area contributed by atoms with E-state index in [4.69, 9.17) is 14.2 Å². The van der Waals surface area contributed by atoms with Crippen LogP contribution in [0.3, 0.4) is 0 Å². The van der Waals surface area contributed by atoms with E-state index in [1.54, 1.807) is 81.4 Å². The highest BCUT2D eigenvalue weighted by atomic mass is 16.6. The van der Waals surface area contributed by atoms with Crippen LogP contribution in [0.5, 0.6) is 5.75 Å². The van der Waals surface area contributed by atoms with Gasteiger partial charge in [0, 0.05) is 6.42 Å². The fraction of sp³-hybridized carbons (Fsp3) is 0.303. The Morgan fingerprint density at radius 3 is 1.78 bits per heavy atom. The lowest BCUT2D eigenvalue weighted by atomic mass is 10.0. The van der Waals surface area contributed by atoms with Crippen molar-refractivity contribution in [2.75, 3.05) is 0 Å². The molecule has 4 amide bonds. The first-order chi connectivity index (χ1) is 21.9. The Kier molecular flexibility index (Phi) is 12.9. The molecule has 5 N–H and O–H groups in total. The van der Waals surface area contributed by atoms with Crippen molar-refractivity contribution in [3.05, 3.63) is 102 Å². The number of ether oxygens (including phenoxy) is 3. The summed E-state index contributed by atoms with van der Waals surface area (Å²) < 4.78 is 15.7. The molecule has 13 heteroatoms. The molecule has 13 nitrogen and oxygen atoms in total. The molecule has 0 aliphatic rings. The summed E-state index contributed by atoms with van der Waals surface area (Å²) in [5.41, 5.74) is 5.44. The quantitative estimate of drug-likeness (QED) is 0.113. The Morgan fingerprint density at radius 1 is 0.652 bits per heavy atom. The zero-order valence-corrected chi connectivity index (χ0v) is 25.8. The van der Waals surface area contributed by atoms with Gasteiger partial charge in [-0.15, -0.1) is 0 Å². The molecule has 3 aromatic carbocycles. The molecule has 0 bridgehead atoms. The van der Waals surface area contributed by atoms with Gasteiger partial charge in [0.05, 0.1) is 6.42 Å². The Balaban J connectivity index is 1.71. The predicted octanol–water partition coefficient (Wildman–Crippen LogP) is 3.40. The number of phenolic OH excluding ortho intramolecular Hbond substituents is 1. The average molecular weight is 635 g/mol. The van der Waals surface area contributed by atoms with Crippen molar-refractivity contribution in [3.8, 4) is 5.75 Å². The number of aromatic hydroxyl groups is 1. The van der Waals surface area contributed by atoms with Crippen LogP contribution in [0.15, 0.2) is 84.9 Å². The summed E-state index contributed by atoms with van der Waals surface area (Å²) in [4.78, 5) is 64.2. The standard InChI is InChI=1S/C33H38N4O9/c1-33(2,3)46-31(42)35-27(19-28(39)44-20-23-10-6-4-7-11-23)29(40)34-26(18-22-14-16-25(38)17-15-22)30(41)36-37-32(43)45-21-24-12-8-5-9-13-24/h4-17,26-27,38H,18-21H2,1-3H3,(H,34,40)(H,35,42)(H,36,41)(H,37,43)/t26-,27-/m0/s1. The van der Waals surface area contributed by atoms with Crippen molar-refractivity contribution in [1.82, 2.24) is 21.5 Å². The Hall–Kier alpha value is -5.59. The second-order valence-electron chi connectivity index (χ2n) is 11.2. The minimum atomic E-state index is -1.49. The summed E-state index contributed by atoms with van der Waals surface area (Å²) in [5.74, 6) is -2.52. The summed E-state index contributed by atoms with van der Waals surface area (Å²) in [7, 11) is 0. The van der Waals surface area contributed by atoms with Gasteiger partial charge in [-0.3, -0.25) is 19.8 Å². The highest BCUT2D eigenvalue weighted by Gasteiger charge is 2.31. The number of alkyl carbamates (subject to hydrolysis) is 1. The number of hydrogen-bond donors (Lipinski definition) is 5. The molecule has 244 valence electrons. The lowest BCUT2D eigenvalue weighted by molar-refractivity contribution is -0.147. The van der Waals surface area contributed by atoms with Crippen LogP contribution < -0.4 is 21.5 Å². The second kappa shape index (κ2) is 17.0. The van der Waals surface area contributed by atoms with Crippen LogP contribution in [0.2, 0.25) is 0 Å². The predicted molar refractivity (Wildman–Crippen MR) is 166 cm³/mol. The largest absolute Gasteiger partial charge is 0.508 e. The van der Waals surface area contributed by atoms with Crippen LogP contribution in [-0.4, -0.2) is 52.8 Å². The summed E-state index contributed by atoms with van der Waals surface area (Å²) in [5, 5.41) is 14.6. The fourth-order valence-electron chi connectivity index (χ4n) is 3.93. The van der Waals surface area contributed by atoms with E-state index < -0.39 is 54.1 Å². The van der Waals surface area contributed by atoms with Crippen molar-refractivity contribution < 1.29 is 43.3 Å². The Morgan fingerprint density at radius 2 is 1.22 bits per heavy atom. The molecule has 2 atom stereocenters. The maximum absolute atomic E-state index is 13.5. The molecular weight excluding hydrogens is 596 g/mol. The topological polar surface area (TPSA) is 181 Å². The molecule has 3 aromatic rings. The number of phenols is 1. The second-order valence-corrected chi connectivity index (χ2v) is 11.2. The van der Waals surface area contributed by atoms with Crippen molar-refractivity contribution in [3.63, 3.8) is 0 Å². The van der Waals surface area contributed by atoms with E-state index in [9.17, 15) is 29.1 Å². The third-order valence-electron chi connectivity index (χ3n) is 6.13. The summed E-state index contributed by atoms with van der Waals surface area (Å²) in [6.07, 6.45) is -2.57. The van der Waals surface area contributed by atoms with Gasteiger partial charge in [-0.25, -0.2) is 15.0 Å².